The molecule has 0 aliphatic rings. The van der Waals surface area contributed by atoms with Gasteiger partial charge in [0.2, 0.25) is 0 Å². The second kappa shape index (κ2) is 4.92. The van der Waals surface area contributed by atoms with Crippen LogP contribution in [0, 0.1) is 5.82 Å². The molecule has 0 unspecified atom stereocenters. The summed E-state index contributed by atoms with van der Waals surface area (Å²) in [4.78, 5) is 10.4. The molecule has 1 aromatic rings. The first-order valence-corrected chi connectivity index (χ1v) is 4.87. The van der Waals surface area contributed by atoms with Gasteiger partial charge in [0.25, 0.3) is 0 Å². The van der Waals surface area contributed by atoms with E-state index in [2.05, 4.69) is 15.9 Å². The molecule has 1 aromatic carbocycles. The summed E-state index contributed by atoms with van der Waals surface area (Å²) >= 11 is 3.23. The van der Waals surface area contributed by atoms with Gasteiger partial charge in [-0.3, -0.25) is 4.79 Å². The Morgan fingerprint density at radius 1 is 1.46 bits per heavy atom. The zero-order valence-corrected chi connectivity index (χ0v) is 8.42. The maximum absolute atomic E-state index is 12.8. The van der Waals surface area contributed by atoms with Crippen LogP contribution in [0.2, 0.25) is 0 Å². The van der Waals surface area contributed by atoms with E-state index in [1.54, 1.807) is 6.07 Å². The summed E-state index contributed by atoms with van der Waals surface area (Å²) in [7, 11) is 0. The van der Waals surface area contributed by atoms with E-state index in [9.17, 15) is 9.18 Å². The van der Waals surface area contributed by atoms with Crippen LogP contribution in [0.15, 0.2) is 24.3 Å². The Kier molecular flexibility index (Phi) is 3.83. The summed E-state index contributed by atoms with van der Waals surface area (Å²) in [6.07, 6.45) is 4.21. The Morgan fingerprint density at radius 3 is 2.85 bits per heavy atom. The quantitative estimate of drug-likeness (QED) is 0.589. The number of carbonyl (C=O) groups excluding carboxylic acids is 1. The highest BCUT2D eigenvalue weighted by Gasteiger charge is 1.99. The van der Waals surface area contributed by atoms with Crippen molar-refractivity contribution in [2.75, 3.05) is 5.33 Å². The molecular formula is C10H8BrFO. The van der Waals surface area contributed by atoms with Crippen LogP contribution in [0.4, 0.5) is 4.39 Å². The van der Waals surface area contributed by atoms with Crippen LogP contribution in [0.5, 0.6) is 0 Å². The first kappa shape index (κ1) is 10.1. The summed E-state index contributed by atoms with van der Waals surface area (Å²) in [6.45, 7) is 0. The number of halogens is 2. The van der Waals surface area contributed by atoms with Crippen LogP contribution < -0.4 is 0 Å². The number of benzene rings is 1. The minimum absolute atomic E-state index is 0.0942. The van der Waals surface area contributed by atoms with Gasteiger partial charge in [0.1, 0.15) is 5.82 Å². The van der Waals surface area contributed by atoms with Crippen molar-refractivity contribution in [1.82, 2.24) is 0 Å². The Morgan fingerprint density at radius 2 is 2.23 bits per heavy atom. The van der Waals surface area contributed by atoms with Crippen molar-refractivity contribution < 1.29 is 9.18 Å². The van der Waals surface area contributed by atoms with Crippen LogP contribution >= 0.6 is 15.9 Å². The topological polar surface area (TPSA) is 17.1 Å². The van der Waals surface area contributed by atoms with Crippen molar-refractivity contribution in [3.8, 4) is 0 Å². The maximum Gasteiger partial charge on any atom is 0.153 e. The number of hydrogen-bond acceptors (Lipinski definition) is 1. The molecule has 0 N–H and O–H groups in total. The lowest BCUT2D eigenvalue weighted by molar-refractivity contribution is 0.112. The smallest absolute Gasteiger partial charge is 0.153 e. The third-order valence-corrected chi connectivity index (χ3v) is 1.92. The predicted octanol–water partition coefficient (Wildman–Crippen LogP) is 3.05. The average Bonchev–Trinajstić information content (AvgIpc) is 2.16. The van der Waals surface area contributed by atoms with Gasteiger partial charge in [-0.2, -0.15) is 0 Å². The van der Waals surface area contributed by atoms with Gasteiger partial charge in [-0.15, -0.1) is 0 Å². The van der Waals surface area contributed by atoms with Gasteiger partial charge in [-0.25, -0.2) is 4.39 Å². The van der Waals surface area contributed by atoms with E-state index in [1.807, 2.05) is 12.2 Å². The third kappa shape index (κ3) is 2.77. The van der Waals surface area contributed by atoms with E-state index in [0.29, 0.717) is 6.29 Å². The molecule has 0 aromatic heterocycles. The molecule has 0 bridgehead atoms. The number of carbonyl (C=O) groups is 1. The second-order valence-electron chi connectivity index (χ2n) is 2.46. The van der Waals surface area contributed by atoms with Crippen molar-refractivity contribution >= 4 is 28.3 Å². The molecule has 68 valence electrons. The van der Waals surface area contributed by atoms with E-state index in [4.69, 9.17) is 0 Å². The molecule has 0 heterocycles. The Labute approximate surface area is 84.4 Å². The molecule has 0 fully saturated rings. The minimum atomic E-state index is -0.481. The number of hydrogen-bond donors (Lipinski definition) is 0. The van der Waals surface area contributed by atoms with Gasteiger partial charge in [0, 0.05) is 5.33 Å². The summed E-state index contributed by atoms with van der Waals surface area (Å²) in [6, 6.07) is 4.43. The number of alkyl halides is 1. The van der Waals surface area contributed by atoms with Gasteiger partial charge >= 0.3 is 0 Å². The Bertz CT molecular complexity index is 334. The van der Waals surface area contributed by atoms with Crippen LogP contribution in [-0.4, -0.2) is 11.6 Å². The first-order chi connectivity index (χ1) is 6.27. The van der Waals surface area contributed by atoms with Gasteiger partial charge in [0.15, 0.2) is 6.29 Å². The zero-order valence-electron chi connectivity index (χ0n) is 6.84. The van der Waals surface area contributed by atoms with E-state index < -0.39 is 5.82 Å². The molecule has 0 radical (unpaired) electrons. The zero-order chi connectivity index (χ0) is 9.68. The largest absolute Gasteiger partial charge is 0.298 e. The molecule has 3 heteroatoms. The van der Waals surface area contributed by atoms with E-state index >= 15 is 0 Å². The monoisotopic (exact) mass is 242 g/mol. The molecule has 0 saturated carbocycles. The van der Waals surface area contributed by atoms with Gasteiger partial charge in [-0.1, -0.05) is 34.1 Å². The average molecular weight is 243 g/mol. The van der Waals surface area contributed by atoms with Crippen molar-refractivity contribution in [3.63, 3.8) is 0 Å². The van der Waals surface area contributed by atoms with Gasteiger partial charge in [-0.05, 0) is 17.7 Å². The fourth-order valence-electron chi connectivity index (χ4n) is 0.937. The first-order valence-electron chi connectivity index (χ1n) is 3.75. The molecular weight excluding hydrogens is 235 g/mol. The Balaban J connectivity index is 2.99. The van der Waals surface area contributed by atoms with Crippen LogP contribution in [0.1, 0.15) is 15.9 Å². The highest BCUT2D eigenvalue weighted by molar-refractivity contribution is 9.09. The second-order valence-corrected chi connectivity index (χ2v) is 3.10. The molecule has 0 aliphatic carbocycles. The van der Waals surface area contributed by atoms with Gasteiger partial charge in [0.05, 0.1) is 5.56 Å². The van der Waals surface area contributed by atoms with E-state index in [-0.39, 0.29) is 5.56 Å². The van der Waals surface area contributed by atoms with E-state index in [1.165, 1.54) is 12.1 Å². The van der Waals surface area contributed by atoms with Crippen molar-refractivity contribution in [2.24, 2.45) is 0 Å². The highest BCUT2D eigenvalue weighted by Crippen LogP contribution is 2.10. The lowest BCUT2D eigenvalue weighted by Gasteiger charge is -1.96. The normalized spacial score (nSPS) is 10.6. The third-order valence-electron chi connectivity index (χ3n) is 1.55. The van der Waals surface area contributed by atoms with Crippen LogP contribution in [0.3, 0.4) is 0 Å². The fourth-order valence-corrected chi connectivity index (χ4v) is 1.12. The minimum Gasteiger partial charge on any atom is -0.298 e. The maximum atomic E-state index is 12.8. The van der Waals surface area contributed by atoms with Crippen LogP contribution in [-0.2, 0) is 0 Å². The van der Waals surface area contributed by atoms with Crippen LogP contribution in [0.25, 0.3) is 6.08 Å². The van der Waals surface area contributed by atoms with Crippen molar-refractivity contribution in [1.29, 1.82) is 0 Å². The molecule has 0 aliphatic heterocycles. The molecule has 13 heavy (non-hydrogen) atoms. The van der Waals surface area contributed by atoms with Crippen molar-refractivity contribution in [3.05, 3.63) is 41.2 Å². The molecule has 0 saturated heterocycles. The predicted molar refractivity (Wildman–Crippen MR) is 54.6 cm³/mol. The molecule has 1 rings (SSSR count). The Hall–Kier alpha value is -0.960. The molecule has 0 spiro atoms. The fraction of sp³-hybridized carbons (Fsp3) is 0.100. The van der Waals surface area contributed by atoms with Gasteiger partial charge < -0.3 is 0 Å². The SMILES string of the molecule is O=Cc1cc(C=CCBr)ccc1F. The summed E-state index contributed by atoms with van der Waals surface area (Å²) in [5.74, 6) is -0.481. The molecule has 1 nitrogen and oxygen atoms in total. The number of aldehydes is 1. The number of rotatable bonds is 3. The lowest BCUT2D eigenvalue weighted by Crippen LogP contribution is -1.87. The standard InChI is InChI=1S/C10H8BrFO/c11-5-1-2-8-3-4-10(12)9(6-8)7-13/h1-4,6-7H,5H2. The highest BCUT2D eigenvalue weighted by atomic mass is 79.9. The molecule has 0 amide bonds. The summed E-state index contributed by atoms with van der Waals surface area (Å²) in [5.41, 5.74) is 0.916. The lowest BCUT2D eigenvalue weighted by atomic mass is 10.1. The summed E-state index contributed by atoms with van der Waals surface area (Å²) in [5, 5.41) is 0.737. The van der Waals surface area contributed by atoms with Crippen molar-refractivity contribution in [2.45, 2.75) is 0 Å². The van der Waals surface area contributed by atoms with E-state index in [0.717, 1.165) is 10.9 Å². The number of allylic oxidation sites excluding steroid dienone is 1. The summed E-state index contributed by atoms with van der Waals surface area (Å²) < 4.78 is 12.8. The molecule has 0 atom stereocenters.